The average molecular weight is 837 g/mol. The van der Waals surface area contributed by atoms with Gasteiger partial charge in [0.15, 0.2) is 21.3 Å². The molecular weight excluding hydrogens is 773 g/mol. The number of anilines is 1. The van der Waals surface area contributed by atoms with Crippen molar-refractivity contribution in [3.63, 3.8) is 0 Å². The van der Waals surface area contributed by atoms with E-state index in [1.807, 2.05) is 80.0 Å². The van der Waals surface area contributed by atoms with E-state index in [1.165, 1.54) is 6.26 Å². The van der Waals surface area contributed by atoms with Gasteiger partial charge >= 0.3 is 6.09 Å². The number of ether oxygens (including phenoxy) is 3. The van der Waals surface area contributed by atoms with Crippen molar-refractivity contribution in [3.8, 4) is 22.4 Å². The number of likely N-dealkylation sites (tertiary alicyclic amines) is 1. The second-order valence-electron chi connectivity index (χ2n) is 18.8. The molecule has 57 heavy (non-hydrogen) atoms. The third kappa shape index (κ3) is 12.2. The predicted molar refractivity (Wildman–Crippen MR) is 234 cm³/mol. The van der Waals surface area contributed by atoms with E-state index >= 15 is 0 Å². The minimum absolute atomic E-state index is 0.00451. The van der Waals surface area contributed by atoms with Crippen LogP contribution in [0.5, 0.6) is 0 Å². The van der Waals surface area contributed by atoms with Gasteiger partial charge in [-0.1, -0.05) is 75.7 Å². The maximum Gasteiger partial charge on any atom is 0.410 e. The van der Waals surface area contributed by atoms with Crippen LogP contribution in [0.25, 0.3) is 28.0 Å². The molecular formula is C42H64N6O6SSi2. The molecule has 1 amide bonds. The number of aryl methyl sites for hydroxylation is 1. The van der Waals surface area contributed by atoms with Gasteiger partial charge in [0.05, 0.1) is 17.6 Å². The van der Waals surface area contributed by atoms with Gasteiger partial charge in [-0.25, -0.2) is 18.2 Å². The van der Waals surface area contributed by atoms with E-state index in [-0.39, 0.29) is 36.5 Å². The lowest BCUT2D eigenvalue weighted by atomic mass is 10.1. The first-order valence-electron chi connectivity index (χ1n) is 20.2. The average Bonchev–Trinajstić information content (AvgIpc) is 3.71. The summed E-state index contributed by atoms with van der Waals surface area (Å²) >= 11 is 0. The van der Waals surface area contributed by atoms with Crippen LogP contribution < -0.4 is 4.90 Å². The van der Waals surface area contributed by atoms with E-state index in [9.17, 15) is 13.2 Å². The highest BCUT2D eigenvalue weighted by Gasteiger charge is 2.38. The Morgan fingerprint density at radius 3 is 2.07 bits per heavy atom. The molecule has 0 radical (unpaired) electrons. The Kier molecular flexibility index (Phi) is 14.1. The van der Waals surface area contributed by atoms with Crippen LogP contribution in [0.2, 0.25) is 51.4 Å². The van der Waals surface area contributed by atoms with Gasteiger partial charge in [-0.15, -0.1) is 0 Å². The Labute approximate surface area is 342 Å². The highest BCUT2D eigenvalue weighted by atomic mass is 32.2. The van der Waals surface area contributed by atoms with Crippen LogP contribution in [0.4, 0.5) is 10.6 Å². The Morgan fingerprint density at radius 1 is 0.895 bits per heavy atom. The summed E-state index contributed by atoms with van der Waals surface area (Å²) in [4.78, 5) is 27.1. The number of nitrogens with zero attached hydrogens (tertiary/aromatic N) is 6. The highest BCUT2D eigenvalue weighted by molar-refractivity contribution is 7.91. The fraction of sp³-hybridized carbons (Fsp3) is 0.571. The Balaban J connectivity index is 1.63. The molecule has 0 aliphatic carbocycles. The standard InChI is InChI=1S/C42H64N6O6SSi2/c1-31-17-19-34(47(31)41(49)54-42(2,3)4)20-22-37-38(55(5,50)51)40(46(29-52-23-25-56(6,7)8)30-53-24-26-57(9,10)11)48-39(45-37)35(28-44-48)33-18-21-36(43-27-33)32-15-13-12-14-16-32/h12-16,18,21,27-28,31,34H,17,19-20,22-26,29-30H2,1-11H3. The molecule has 0 saturated carbocycles. The van der Waals surface area contributed by atoms with E-state index in [2.05, 4.69) is 39.3 Å². The second-order valence-corrected chi connectivity index (χ2v) is 32.0. The van der Waals surface area contributed by atoms with Gasteiger partial charge in [-0.3, -0.25) is 4.98 Å². The lowest BCUT2D eigenvalue weighted by molar-refractivity contribution is 0.0153. The molecule has 312 valence electrons. The van der Waals surface area contributed by atoms with Crippen molar-refractivity contribution < 1.29 is 27.4 Å². The van der Waals surface area contributed by atoms with Crippen LogP contribution in [0, 0.1) is 0 Å². The molecule has 0 bridgehead atoms. The zero-order valence-electron chi connectivity index (χ0n) is 36.0. The minimum Gasteiger partial charge on any atom is -0.444 e. The number of aromatic nitrogens is 4. The largest absolute Gasteiger partial charge is 0.444 e. The van der Waals surface area contributed by atoms with Crippen molar-refractivity contribution in [1.29, 1.82) is 0 Å². The molecule has 0 N–H and O–H groups in total. The lowest BCUT2D eigenvalue weighted by Crippen LogP contribution is -2.43. The number of rotatable bonds is 17. The Morgan fingerprint density at radius 2 is 1.53 bits per heavy atom. The second kappa shape index (κ2) is 18.1. The molecule has 0 spiro atoms. The number of benzene rings is 1. The van der Waals surface area contributed by atoms with Gasteiger partial charge in [0.2, 0.25) is 0 Å². The van der Waals surface area contributed by atoms with Crippen molar-refractivity contribution in [2.75, 3.05) is 37.8 Å². The molecule has 4 heterocycles. The van der Waals surface area contributed by atoms with Gasteiger partial charge < -0.3 is 24.0 Å². The molecule has 1 aliphatic rings. The first-order chi connectivity index (χ1) is 26.6. The van der Waals surface area contributed by atoms with E-state index in [0.29, 0.717) is 48.8 Å². The van der Waals surface area contributed by atoms with Crippen molar-refractivity contribution in [3.05, 3.63) is 60.6 Å². The summed E-state index contributed by atoms with van der Waals surface area (Å²) in [6.45, 7) is 22.7. The minimum atomic E-state index is -3.89. The smallest absolute Gasteiger partial charge is 0.410 e. The predicted octanol–water partition coefficient (Wildman–Crippen LogP) is 9.01. The number of carbonyl (C=O) groups is 1. The lowest BCUT2D eigenvalue weighted by Gasteiger charge is -2.32. The Hall–Kier alpha value is -3.64. The van der Waals surface area contributed by atoms with E-state index < -0.39 is 31.6 Å². The number of amides is 1. The zero-order valence-corrected chi connectivity index (χ0v) is 38.8. The normalized spacial score (nSPS) is 16.7. The number of fused-ring (bicyclic) bond motifs is 1. The van der Waals surface area contributed by atoms with E-state index in [0.717, 1.165) is 41.8 Å². The van der Waals surface area contributed by atoms with Crippen LogP contribution >= 0.6 is 0 Å². The van der Waals surface area contributed by atoms with Gasteiger partial charge in [0.1, 0.15) is 24.0 Å². The molecule has 5 rings (SSSR count). The third-order valence-corrected chi connectivity index (χ3v) is 14.6. The van der Waals surface area contributed by atoms with Crippen LogP contribution in [0.1, 0.15) is 52.7 Å². The van der Waals surface area contributed by atoms with Gasteiger partial charge in [0.25, 0.3) is 0 Å². The molecule has 1 saturated heterocycles. The molecule has 1 aromatic carbocycles. The van der Waals surface area contributed by atoms with Crippen LogP contribution in [-0.2, 0) is 30.5 Å². The first-order valence-corrected chi connectivity index (χ1v) is 29.5. The monoisotopic (exact) mass is 836 g/mol. The number of carbonyl (C=O) groups excluding carboxylic acids is 1. The van der Waals surface area contributed by atoms with Crippen LogP contribution in [0.15, 0.2) is 59.8 Å². The Bertz CT molecular complexity index is 2050. The summed E-state index contributed by atoms with van der Waals surface area (Å²) in [5.41, 5.74) is 3.62. The maximum absolute atomic E-state index is 14.1. The van der Waals surface area contributed by atoms with E-state index in [4.69, 9.17) is 29.3 Å². The maximum atomic E-state index is 14.1. The number of hydrogen-bond acceptors (Lipinski definition) is 10. The molecule has 2 atom stereocenters. The van der Waals surface area contributed by atoms with Crippen molar-refractivity contribution in [1.82, 2.24) is 24.5 Å². The molecule has 3 aromatic heterocycles. The summed E-state index contributed by atoms with van der Waals surface area (Å²) in [6, 6.07) is 15.7. The summed E-state index contributed by atoms with van der Waals surface area (Å²) in [6.07, 6.45) is 6.82. The third-order valence-electron chi connectivity index (χ3n) is 10.1. The number of hydrogen-bond donors (Lipinski definition) is 0. The topological polar surface area (TPSA) is 128 Å². The summed E-state index contributed by atoms with van der Waals surface area (Å²) < 4.78 is 48.3. The fourth-order valence-electron chi connectivity index (χ4n) is 6.94. The van der Waals surface area contributed by atoms with Crippen molar-refractivity contribution >= 4 is 43.5 Å². The molecule has 4 aromatic rings. The molecule has 15 heteroatoms. The quantitative estimate of drug-likeness (QED) is 0.0578. The first kappa shape index (κ1) is 44.5. The molecule has 1 fully saturated rings. The van der Waals surface area contributed by atoms with Crippen molar-refractivity contribution in [2.24, 2.45) is 0 Å². The summed E-state index contributed by atoms with van der Waals surface area (Å²) in [5.74, 6) is 0.349. The van der Waals surface area contributed by atoms with Crippen molar-refractivity contribution in [2.45, 2.75) is 127 Å². The summed E-state index contributed by atoms with van der Waals surface area (Å²) in [7, 11) is -6.70. The van der Waals surface area contributed by atoms with Crippen LogP contribution in [0.3, 0.4) is 0 Å². The fourth-order valence-corrected chi connectivity index (χ4v) is 9.58. The zero-order chi connectivity index (χ0) is 41.8. The number of pyridine rings is 1. The SMILES string of the molecule is CC1CCC(CCc2nc3c(-c4ccc(-c5ccccc5)nc4)cnn3c(N(COCC[Si](C)(C)C)COCC[Si](C)(C)C)c2S(C)(=O)=O)N1C(=O)OC(C)(C)C. The van der Waals surface area contributed by atoms with E-state index in [1.54, 1.807) is 16.9 Å². The van der Waals surface area contributed by atoms with Gasteiger partial charge in [0, 0.05) is 70.6 Å². The highest BCUT2D eigenvalue weighted by Crippen LogP contribution is 2.36. The van der Waals surface area contributed by atoms with Gasteiger partial charge in [-0.2, -0.15) is 9.61 Å². The van der Waals surface area contributed by atoms with Gasteiger partial charge in [-0.05, 0) is 71.5 Å². The molecule has 12 nitrogen and oxygen atoms in total. The molecule has 1 aliphatic heterocycles. The summed E-state index contributed by atoms with van der Waals surface area (Å²) in [5, 5.41) is 4.82. The molecule has 2 unspecified atom stereocenters. The van der Waals surface area contributed by atoms with Crippen LogP contribution in [-0.4, -0.2) is 106 Å². The number of sulfone groups is 1.